The van der Waals surface area contributed by atoms with Gasteiger partial charge in [-0.25, -0.2) is 14.3 Å². The monoisotopic (exact) mass is 262 g/mol. The summed E-state index contributed by atoms with van der Waals surface area (Å²) in [7, 11) is 0. The molecule has 5 N–H and O–H groups in total. The summed E-state index contributed by atoms with van der Waals surface area (Å²) in [5.41, 5.74) is 5.02. The average molecular weight is 262 g/mol. The first-order valence-electron chi connectivity index (χ1n) is 5.16. The van der Waals surface area contributed by atoms with Gasteiger partial charge >= 0.3 is 12.0 Å². The second-order valence-corrected chi connectivity index (χ2v) is 3.65. The van der Waals surface area contributed by atoms with Crippen LogP contribution in [0.25, 0.3) is 5.69 Å². The number of hydrogen-bond acceptors (Lipinski definition) is 4. The van der Waals surface area contributed by atoms with Gasteiger partial charge in [0.1, 0.15) is 5.75 Å². The van der Waals surface area contributed by atoms with Crippen LogP contribution in [0, 0.1) is 0 Å². The molecule has 0 unspecified atom stereocenters. The number of aromatic nitrogens is 2. The van der Waals surface area contributed by atoms with Crippen LogP contribution >= 0.6 is 0 Å². The molecule has 0 saturated heterocycles. The summed E-state index contributed by atoms with van der Waals surface area (Å²) in [6, 6.07) is 5.17. The molecule has 8 nitrogen and oxygen atoms in total. The molecule has 98 valence electrons. The summed E-state index contributed by atoms with van der Waals surface area (Å²) in [6.45, 7) is 0. The number of benzene rings is 1. The van der Waals surface area contributed by atoms with Gasteiger partial charge in [-0.3, -0.25) is 0 Å². The van der Waals surface area contributed by atoms with E-state index in [2.05, 4.69) is 10.4 Å². The number of hydrogen-bond donors (Lipinski definition) is 4. The maximum Gasteiger partial charge on any atom is 0.358 e. The predicted molar refractivity (Wildman–Crippen MR) is 65.4 cm³/mol. The molecule has 0 radical (unpaired) electrons. The van der Waals surface area contributed by atoms with E-state index in [9.17, 15) is 14.7 Å². The number of nitrogens with zero attached hydrogens (tertiary/aromatic N) is 2. The summed E-state index contributed by atoms with van der Waals surface area (Å²) in [5.74, 6) is -1.29. The second-order valence-electron chi connectivity index (χ2n) is 3.65. The van der Waals surface area contributed by atoms with E-state index in [1.54, 1.807) is 12.1 Å². The van der Waals surface area contributed by atoms with Gasteiger partial charge < -0.3 is 21.3 Å². The van der Waals surface area contributed by atoms with Crippen LogP contribution in [0.1, 0.15) is 10.5 Å². The van der Waals surface area contributed by atoms with E-state index in [1.807, 2.05) is 0 Å². The van der Waals surface area contributed by atoms with Gasteiger partial charge in [-0.05, 0) is 12.1 Å². The van der Waals surface area contributed by atoms with Crippen LogP contribution in [0.15, 0.2) is 30.5 Å². The Morgan fingerprint density at radius 2 is 2.11 bits per heavy atom. The van der Waals surface area contributed by atoms with Crippen molar-refractivity contribution >= 4 is 17.7 Å². The fourth-order valence-electron chi connectivity index (χ4n) is 1.52. The Kier molecular flexibility index (Phi) is 3.06. The number of carboxylic acid groups (broad SMARTS) is 1. The zero-order chi connectivity index (χ0) is 14.0. The summed E-state index contributed by atoms with van der Waals surface area (Å²) < 4.78 is 1.22. The lowest BCUT2D eigenvalue weighted by Gasteiger charge is -2.00. The number of carbonyl (C=O) groups is 2. The summed E-state index contributed by atoms with van der Waals surface area (Å²) in [6.07, 6.45) is 1.29. The molecule has 0 fully saturated rings. The minimum atomic E-state index is -1.30. The van der Waals surface area contributed by atoms with E-state index in [0.29, 0.717) is 5.69 Å². The van der Waals surface area contributed by atoms with Crippen LogP contribution in [0.4, 0.5) is 10.5 Å². The summed E-state index contributed by atoms with van der Waals surface area (Å²) in [4.78, 5) is 21.8. The van der Waals surface area contributed by atoms with Crippen molar-refractivity contribution in [1.82, 2.24) is 9.78 Å². The molecule has 0 bridgehead atoms. The van der Waals surface area contributed by atoms with Crippen molar-refractivity contribution in [3.63, 3.8) is 0 Å². The van der Waals surface area contributed by atoms with Gasteiger partial charge in [0.25, 0.3) is 0 Å². The first-order chi connectivity index (χ1) is 8.97. The molecule has 8 heteroatoms. The summed E-state index contributed by atoms with van der Waals surface area (Å²) in [5, 5.41) is 24.3. The first-order valence-corrected chi connectivity index (χ1v) is 5.16. The molecule has 1 aromatic carbocycles. The molecule has 0 aliphatic carbocycles. The van der Waals surface area contributed by atoms with Gasteiger partial charge in [0, 0.05) is 6.07 Å². The van der Waals surface area contributed by atoms with Gasteiger partial charge in [0.15, 0.2) is 5.69 Å². The van der Waals surface area contributed by atoms with Crippen LogP contribution in [-0.4, -0.2) is 32.0 Å². The Balaban J connectivity index is 2.48. The molecule has 0 aliphatic rings. The van der Waals surface area contributed by atoms with Gasteiger partial charge in [-0.1, -0.05) is 6.07 Å². The Morgan fingerprint density at radius 1 is 1.37 bits per heavy atom. The lowest BCUT2D eigenvalue weighted by atomic mass is 10.3. The van der Waals surface area contributed by atoms with Gasteiger partial charge in [-0.15, -0.1) is 0 Å². The van der Waals surface area contributed by atoms with Crippen molar-refractivity contribution in [3.05, 3.63) is 36.2 Å². The van der Waals surface area contributed by atoms with Crippen LogP contribution in [0.2, 0.25) is 0 Å². The molecule has 0 spiro atoms. The number of aromatic carboxylic acids is 1. The van der Waals surface area contributed by atoms with Crippen LogP contribution in [0.5, 0.6) is 5.75 Å². The van der Waals surface area contributed by atoms with Gasteiger partial charge in [0.05, 0.1) is 17.6 Å². The third-order valence-corrected chi connectivity index (χ3v) is 2.27. The number of phenols is 1. The molecule has 2 rings (SSSR count). The Hall–Kier alpha value is -3.03. The maximum absolute atomic E-state index is 11.0. The third-order valence-electron chi connectivity index (χ3n) is 2.27. The van der Waals surface area contributed by atoms with Crippen molar-refractivity contribution in [2.45, 2.75) is 0 Å². The number of rotatable bonds is 3. The van der Waals surface area contributed by atoms with Crippen molar-refractivity contribution in [2.75, 3.05) is 5.32 Å². The zero-order valence-electron chi connectivity index (χ0n) is 9.57. The van der Waals surface area contributed by atoms with Crippen LogP contribution in [-0.2, 0) is 0 Å². The quantitative estimate of drug-likeness (QED) is 0.648. The number of amides is 2. The topological polar surface area (TPSA) is 130 Å². The highest BCUT2D eigenvalue weighted by molar-refractivity contribution is 5.98. The van der Waals surface area contributed by atoms with Crippen molar-refractivity contribution < 1.29 is 19.8 Å². The second kappa shape index (κ2) is 4.69. The van der Waals surface area contributed by atoms with Crippen LogP contribution < -0.4 is 11.1 Å². The normalized spacial score (nSPS) is 10.1. The number of nitrogens with two attached hydrogens (primary N) is 1. The fourth-order valence-corrected chi connectivity index (χ4v) is 1.52. The largest absolute Gasteiger partial charge is 0.508 e. The predicted octanol–water partition coefficient (Wildman–Crippen LogP) is 0.767. The molecule has 19 heavy (non-hydrogen) atoms. The maximum atomic E-state index is 11.0. The number of anilines is 1. The SMILES string of the molecule is NC(=O)Nc1cn(-c2cccc(O)c2)nc1C(=O)O. The number of primary amides is 1. The smallest absolute Gasteiger partial charge is 0.358 e. The molecule has 0 saturated carbocycles. The molecule has 2 amide bonds. The Bertz CT molecular complexity index is 650. The minimum Gasteiger partial charge on any atom is -0.508 e. The van der Waals surface area contributed by atoms with E-state index < -0.39 is 12.0 Å². The molecule has 0 atom stereocenters. The zero-order valence-corrected chi connectivity index (χ0v) is 9.57. The number of aromatic hydroxyl groups is 1. The van der Waals surface area contributed by atoms with Crippen LogP contribution in [0.3, 0.4) is 0 Å². The highest BCUT2D eigenvalue weighted by Crippen LogP contribution is 2.19. The molecule has 1 aromatic heterocycles. The van der Waals surface area contributed by atoms with E-state index in [0.717, 1.165) is 0 Å². The highest BCUT2D eigenvalue weighted by atomic mass is 16.4. The van der Waals surface area contributed by atoms with E-state index in [1.165, 1.54) is 23.0 Å². The molecule has 1 heterocycles. The van der Waals surface area contributed by atoms with Gasteiger partial charge in [-0.2, -0.15) is 5.10 Å². The molecular formula is C11H10N4O4. The number of nitrogens with one attached hydrogen (secondary N) is 1. The highest BCUT2D eigenvalue weighted by Gasteiger charge is 2.17. The molecule has 0 aliphatic heterocycles. The number of carboxylic acids is 1. The van der Waals surface area contributed by atoms with E-state index in [4.69, 9.17) is 10.8 Å². The number of carbonyl (C=O) groups excluding carboxylic acids is 1. The summed E-state index contributed by atoms with van der Waals surface area (Å²) >= 11 is 0. The lowest BCUT2D eigenvalue weighted by Crippen LogP contribution is -2.20. The third kappa shape index (κ3) is 2.63. The number of phenolic OH excluding ortho intramolecular Hbond substituents is 1. The molecular weight excluding hydrogens is 252 g/mol. The number of urea groups is 1. The first kappa shape index (κ1) is 12.4. The van der Waals surface area contributed by atoms with Gasteiger partial charge in [0.2, 0.25) is 0 Å². The minimum absolute atomic E-state index is 0.00860. The van der Waals surface area contributed by atoms with Crippen molar-refractivity contribution in [3.8, 4) is 11.4 Å². The standard InChI is InChI=1S/C11H10N4O4/c12-11(19)13-8-5-15(14-9(8)10(17)18)6-2-1-3-7(16)4-6/h1-5,16H,(H,17,18)(H3,12,13,19). The van der Waals surface area contributed by atoms with E-state index in [-0.39, 0.29) is 17.1 Å². The van der Waals surface area contributed by atoms with E-state index >= 15 is 0 Å². The average Bonchev–Trinajstić information content (AvgIpc) is 2.72. The Morgan fingerprint density at radius 3 is 2.68 bits per heavy atom. The fraction of sp³-hybridized carbons (Fsp3) is 0. The lowest BCUT2D eigenvalue weighted by molar-refractivity contribution is 0.0691. The van der Waals surface area contributed by atoms with Crippen molar-refractivity contribution in [1.29, 1.82) is 0 Å². The van der Waals surface area contributed by atoms with Crippen molar-refractivity contribution in [2.24, 2.45) is 5.73 Å². The molecule has 2 aromatic rings. The Labute approximate surface area is 107 Å².